The molecule has 0 spiro atoms. The Hall–Kier alpha value is -2.04. The number of aromatic nitrogens is 2. The lowest BCUT2D eigenvalue weighted by Crippen LogP contribution is -2.44. The van der Waals surface area contributed by atoms with E-state index in [1.807, 2.05) is 36.6 Å². The number of carbonyl (C=O) groups is 1. The minimum absolute atomic E-state index is 0.310. The Balaban J connectivity index is 2.23. The van der Waals surface area contributed by atoms with Crippen molar-refractivity contribution in [3.8, 4) is 0 Å². The lowest BCUT2D eigenvalue weighted by Gasteiger charge is -2.31. The van der Waals surface area contributed by atoms with Crippen LogP contribution >= 0.6 is 0 Å². The van der Waals surface area contributed by atoms with Crippen LogP contribution in [-0.2, 0) is 5.54 Å². The SMILES string of the molecule is O=C(O)NCC1(n2cccn2)C=CC=CC1. The van der Waals surface area contributed by atoms with Crippen LogP contribution in [0.15, 0.2) is 42.8 Å². The molecule has 1 unspecified atom stereocenters. The molecule has 1 amide bonds. The maximum absolute atomic E-state index is 10.6. The zero-order valence-electron chi connectivity index (χ0n) is 8.71. The molecule has 1 aliphatic rings. The van der Waals surface area contributed by atoms with Crippen molar-refractivity contribution in [3.05, 3.63) is 42.8 Å². The van der Waals surface area contributed by atoms with Crippen molar-refractivity contribution in [3.63, 3.8) is 0 Å². The molecule has 0 aliphatic heterocycles. The molecular weight excluding hydrogens is 206 g/mol. The van der Waals surface area contributed by atoms with Crippen molar-refractivity contribution in [2.75, 3.05) is 6.54 Å². The van der Waals surface area contributed by atoms with Gasteiger partial charge in [0.1, 0.15) is 5.54 Å². The zero-order chi connectivity index (χ0) is 11.4. The fourth-order valence-electron chi connectivity index (χ4n) is 1.80. The molecule has 5 heteroatoms. The summed E-state index contributed by atoms with van der Waals surface area (Å²) in [5.74, 6) is 0. The molecule has 1 aromatic heterocycles. The molecule has 0 saturated heterocycles. The van der Waals surface area contributed by atoms with Crippen LogP contribution in [0.5, 0.6) is 0 Å². The van der Waals surface area contributed by atoms with E-state index in [9.17, 15) is 4.79 Å². The van der Waals surface area contributed by atoms with Gasteiger partial charge >= 0.3 is 6.09 Å². The van der Waals surface area contributed by atoms with Crippen LogP contribution < -0.4 is 5.32 Å². The van der Waals surface area contributed by atoms with Crippen LogP contribution in [0.4, 0.5) is 4.79 Å². The smallest absolute Gasteiger partial charge is 0.404 e. The quantitative estimate of drug-likeness (QED) is 0.806. The molecule has 1 atom stereocenters. The van der Waals surface area contributed by atoms with Gasteiger partial charge in [0.2, 0.25) is 0 Å². The van der Waals surface area contributed by atoms with Gasteiger partial charge in [0.25, 0.3) is 0 Å². The summed E-state index contributed by atoms with van der Waals surface area (Å²) < 4.78 is 1.78. The molecule has 0 radical (unpaired) electrons. The van der Waals surface area contributed by atoms with Crippen molar-refractivity contribution in [1.29, 1.82) is 0 Å². The van der Waals surface area contributed by atoms with Gasteiger partial charge in [0.05, 0.1) is 6.54 Å². The molecule has 0 aromatic carbocycles. The number of allylic oxidation sites excluding steroid dienone is 3. The number of hydrogen-bond donors (Lipinski definition) is 2. The number of rotatable bonds is 3. The van der Waals surface area contributed by atoms with E-state index in [0.717, 1.165) is 6.42 Å². The molecule has 1 heterocycles. The Morgan fingerprint density at radius 1 is 1.56 bits per heavy atom. The number of hydrogen-bond acceptors (Lipinski definition) is 2. The van der Waals surface area contributed by atoms with Crippen molar-refractivity contribution >= 4 is 6.09 Å². The summed E-state index contributed by atoms with van der Waals surface area (Å²) in [6.07, 6.45) is 11.1. The summed E-state index contributed by atoms with van der Waals surface area (Å²) in [7, 11) is 0. The third-order valence-electron chi connectivity index (χ3n) is 2.63. The second kappa shape index (κ2) is 4.22. The lowest BCUT2D eigenvalue weighted by molar-refractivity contribution is 0.187. The lowest BCUT2D eigenvalue weighted by atomic mass is 9.91. The first-order chi connectivity index (χ1) is 7.73. The van der Waals surface area contributed by atoms with Gasteiger partial charge in [-0.25, -0.2) is 4.79 Å². The van der Waals surface area contributed by atoms with Gasteiger partial charge in [-0.3, -0.25) is 4.68 Å². The highest BCUT2D eigenvalue weighted by Gasteiger charge is 2.30. The summed E-state index contributed by atoms with van der Waals surface area (Å²) in [5, 5.41) is 15.3. The van der Waals surface area contributed by atoms with Crippen molar-refractivity contribution < 1.29 is 9.90 Å². The fourth-order valence-corrected chi connectivity index (χ4v) is 1.80. The number of carboxylic acid groups (broad SMARTS) is 1. The minimum atomic E-state index is -1.02. The van der Waals surface area contributed by atoms with Gasteiger partial charge in [-0.1, -0.05) is 24.3 Å². The maximum Gasteiger partial charge on any atom is 0.404 e. The summed E-state index contributed by atoms with van der Waals surface area (Å²) in [5.41, 5.74) is -0.420. The molecule has 2 rings (SSSR count). The average molecular weight is 219 g/mol. The average Bonchev–Trinajstić information content (AvgIpc) is 2.82. The highest BCUT2D eigenvalue weighted by molar-refractivity contribution is 5.64. The predicted molar refractivity (Wildman–Crippen MR) is 59.1 cm³/mol. The first-order valence-corrected chi connectivity index (χ1v) is 5.04. The van der Waals surface area contributed by atoms with Crippen LogP contribution in [0, 0.1) is 0 Å². The number of nitrogens with one attached hydrogen (secondary N) is 1. The fraction of sp³-hybridized carbons (Fsp3) is 0.273. The van der Waals surface area contributed by atoms with Gasteiger partial charge in [-0.2, -0.15) is 5.10 Å². The molecule has 0 bridgehead atoms. The van der Waals surface area contributed by atoms with Crippen LogP contribution in [0.3, 0.4) is 0 Å². The van der Waals surface area contributed by atoms with Crippen LogP contribution in [-0.4, -0.2) is 27.5 Å². The molecular formula is C11H13N3O2. The van der Waals surface area contributed by atoms with E-state index in [2.05, 4.69) is 10.4 Å². The normalized spacial score (nSPS) is 23.2. The van der Waals surface area contributed by atoms with E-state index in [1.165, 1.54) is 0 Å². The Morgan fingerprint density at radius 3 is 3.00 bits per heavy atom. The molecule has 0 fully saturated rings. The summed E-state index contributed by atoms with van der Waals surface area (Å²) in [4.78, 5) is 10.6. The predicted octanol–water partition coefficient (Wildman–Crippen LogP) is 1.36. The monoisotopic (exact) mass is 219 g/mol. The standard InChI is InChI=1S/C11H13N3O2/c15-10(16)12-9-11(5-2-1-3-6-11)14-8-4-7-13-14/h1-5,7-8,12H,6,9H2,(H,15,16). The molecule has 16 heavy (non-hydrogen) atoms. The molecule has 0 saturated carbocycles. The summed E-state index contributed by atoms with van der Waals surface area (Å²) in [6, 6.07) is 1.83. The number of nitrogens with zero attached hydrogens (tertiary/aromatic N) is 2. The topological polar surface area (TPSA) is 67.2 Å². The maximum atomic E-state index is 10.6. The Morgan fingerprint density at radius 2 is 2.44 bits per heavy atom. The van der Waals surface area contributed by atoms with E-state index in [1.54, 1.807) is 10.9 Å². The van der Waals surface area contributed by atoms with Crippen molar-refractivity contribution in [1.82, 2.24) is 15.1 Å². The molecule has 1 aliphatic carbocycles. The first kappa shape index (κ1) is 10.5. The van der Waals surface area contributed by atoms with Crippen molar-refractivity contribution in [2.24, 2.45) is 0 Å². The van der Waals surface area contributed by atoms with Crippen LogP contribution in [0.2, 0.25) is 0 Å². The van der Waals surface area contributed by atoms with Gasteiger partial charge in [0.15, 0.2) is 0 Å². The molecule has 84 valence electrons. The third-order valence-corrected chi connectivity index (χ3v) is 2.63. The van der Waals surface area contributed by atoms with Gasteiger partial charge in [0, 0.05) is 12.4 Å². The van der Waals surface area contributed by atoms with Gasteiger partial charge < -0.3 is 10.4 Å². The van der Waals surface area contributed by atoms with Crippen LogP contribution in [0.25, 0.3) is 0 Å². The van der Waals surface area contributed by atoms with Gasteiger partial charge in [-0.05, 0) is 12.5 Å². The van der Waals surface area contributed by atoms with Gasteiger partial charge in [-0.15, -0.1) is 0 Å². The van der Waals surface area contributed by atoms with Crippen LogP contribution in [0.1, 0.15) is 6.42 Å². The Bertz CT molecular complexity index is 422. The zero-order valence-corrected chi connectivity index (χ0v) is 8.71. The second-order valence-electron chi connectivity index (χ2n) is 3.70. The number of amides is 1. The van der Waals surface area contributed by atoms with E-state index >= 15 is 0 Å². The van der Waals surface area contributed by atoms with E-state index in [0.29, 0.717) is 6.54 Å². The molecule has 5 nitrogen and oxygen atoms in total. The third kappa shape index (κ3) is 1.98. The molecule has 1 aromatic rings. The minimum Gasteiger partial charge on any atom is -0.465 e. The highest BCUT2D eigenvalue weighted by atomic mass is 16.4. The highest BCUT2D eigenvalue weighted by Crippen LogP contribution is 2.25. The first-order valence-electron chi connectivity index (χ1n) is 5.04. The summed E-state index contributed by atoms with van der Waals surface area (Å²) in [6.45, 7) is 0.310. The largest absolute Gasteiger partial charge is 0.465 e. The summed E-state index contributed by atoms with van der Waals surface area (Å²) >= 11 is 0. The molecule has 2 N–H and O–H groups in total. The Kier molecular flexibility index (Phi) is 2.76. The van der Waals surface area contributed by atoms with E-state index in [4.69, 9.17) is 5.11 Å². The Labute approximate surface area is 93.1 Å². The van der Waals surface area contributed by atoms with Crippen molar-refractivity contribution in [2.45, 2.75) is 12.0 Å². The second-order valence-corrected chi connectivity index (χ2v) is 3.70. The van der Waals surface area contributed by atoms with E-state index < -0.39 is 11.6 Å². The van der Waals surface area contributed by atoms with E-state index in [-0.39, 0.29) is 0 Å².